The zero-order valence-corrected chi connectivity index (χ0v) is 10.2. The minimum absolute atomic E-state index is 0.310. The van der Waals surface area contributed by atoms with Gasteiger partial charge in [0.25, 0.3) is 5.91 Å². The van der Waals surface area contributed by atoms with Gasteiger partial charge >= 0.3 is 5.97 Å². The molecule has 1 aromatic heterocycles. The highest BCUT2D eigenvalue weighted by Crippen LogP contribution is 2.12. The predicted molar refractivity (Wildman–Crippen MR) is 60.7 cm³/mol. The second-order valence-corrected chi connectivity index (χ2v) is 4.49. The number of carbonyl (C=O) groups excluding carboxylic acids is 1. The molecule has 0 aliphatic heterocycles. The molecule has 1 atom stereocenters. The van der Waals surface area contributed by atoms with Gasteiger partial charge in [-0.3, -0.25) is 4.79 Å². The van der Waals surface area contributed by atoms with E-state index in [-0.39, 0.29) is 5.91 Å². The minimum Gasteiger partial charge on any atom is -0.480 e. The molecule has 16 heavy (non-hydrogen) atoms. The number of likely N-dealkylation sites (N-methyl/N-ethyl adjacent to an activating group) is 1. The molecule has 1 unspecified atom stereocenters. The molecule has 5 nitrogen and oxygen atoms in total. The van der Waals surface area contributed by atoms with E-state index < -0.39 is 12.0 Å². The number of carboxylic acids is 1. The number of rotatable bonds is 4. The van der Waals surface area contributed by atoms with E-state index in [0.717, 1.165) is 5.01 Å². The molecule has 6 heteroatoms. The Kier molecular flexibility index (Phi) is 4.00. The van der Waals surface area contributed by atoms with Gasteiger partial charge in [0.15, 0.2) is 0 Å². The molecule has 0 saturated heterocycles. The standard InChI is InChI=1S/C10H14N2O3S/c1-4-8(10(14)15)12(3)9(13)7-5-16-6(2)11-7/h5,8H,4H2,1-3H3,(H,14,15). The average Bonchev–Trinajstić information content (AvgIpc) is 2.64. The molecule has 0 bridgehead atoms. The van der Waals surface area contributed by atoms with Crippen LogP contribution in [0.25, 0.3) is 0 Å². The summed E-state index contributed by atoms with van der Waals surface area (Å²) in [5.41, 5.74) is 0.310. The number of aliphatic carboxylic acids is 1. The van der Waals surface area contributed by atoms with Crippen molar-refractivity contribution >= 4 is 23.2 Å². The van der Waals surface area contributed by atoms with Crippen LogP contribution in [0.3, 0.4) is 0 Å². The molecule has 1 heterocycles. The first kappa shape index (κ1) is 12.6. The first-order valence-electron chi connectivity index (χ1n) is 4.89. The van der Waals surface area contributed by atoms with E-state index in [1.165, 1.54) is 23.3 Å². The van der Waals surface area contributed by atoms with Crippen LogP contribution in [0.2, 0.25) is 0 Å². The molecule has 1 aromatic rings. The number of aryl methyl sites for hydroxylation is 1. The normalized spacial score (nSPS) is 12.2. The van der Waals surface area contributed by atoms with Gasteiger partial charge in [0.1, 0.15) is 11.7 Å². The van der Waals surface area contributed by atoms with E-state index in [1.54, 1.807) is 19.2 Å². The highest BCUT2D eigenvalue weighted by Gasteiger charge is 2.26. The van der Waals surface area contributed by atoms with E-state index in [9.17, 15) is 9.59 Å². The number of amides is 1. The predicted octanol–water partition coefficient (Wildman–Crippen LogP) is 1.39. The summed E-state index contributed by atoms with van der Waals surface area (Å²) in [5, 5.41) is 11.4. The van der Waals surface area contributed by atoms with Gasteiger partial charge in [0.2, 0.25) is 0 Å². The maximum Gasteiger partial charge on any atom is 0.326 e. The molecule has 0 radical (unpaired) electrons. The topological polar surface area (TPSA) is 70.5 Å². The van der Waals surface area contributed by atoms with Gasteiger partial charge in [0, 0.05) is 12.4 Å². The molecule has 0 aliphatic rings. The van der Waals surface area contributed by atoms with Crippen LogP contribution in [0.15, 0.2) is 5.38 Å². The van der Waals surface area contributed by atoms with Crippen molar-refractivity contribution in [3.05, 3.63) is 16.1 Å². The molecule has 0 spiro atoms. The molecular formula is C10H14N2O3S. The van der Waals surface area contributed by atoms with Crippen molar-refractivity contribution in [2.75, 3.05) is 7.05 Å². The van der Waals surface area contributed by atoms with Gasteiger partial charge in [-0.15, -0.1) is 11.3 Å². The molecular weight excluding hydrogens is 228 g/mol. The number of thiazole rings is 1. The van der Waals surface area contributed by atoms with Gasteiger partial charge in [-0.1, -0.05) is 6.92 Å². The molecule has 0 saturated carbocycles. The Morgan fingerprint density at radius 2 is 2.25 bits per heavy atom. The third kappa shape index (κ3) is 2.57. The van der Waals surface area contributed by atoms with E-state index in [0.29, 0.717) is 12.1 Å². The van der Waals surface area contributed by atoms with E-state index in [4.69, 9.17) is 5.11 Å². The van der Waals surface area contributed by atoms with E-state index >= 15 is 0 Å². The lowest BCUT2D eigenvalue weighted by molar-refractivity contribution is -0.142. The lowest BCUT2D eigenvalue weighted by Crippen LogP contribution is -2.42. The lowest BCUT2D eigenvalue weighted by Gasteiger charge is -2.22. The molecule has 1 rings (SSSR count). The average molecular weight is 242 g/mol. The minimum atomic E-state index is -0.995. The summed E-state index contributed by atoms with van der Waals surface area (Å²) >= 11 is 1.37. The van der Waals surface area contributed by atoms with Gasteiger partial charge in [-0.05, 0) is 13.3 Å². The first-order chi connectivity index (χ1) is 7.47. The molecule has 1 N–H and O–H groups in total. The maximum atomic E-state index is 11.9. The van der Waals surface area contributed by atoms with Crippen LogP contribution in [0.5, 0.6) is 0 Å². The van der Waals surface area contributed by atoms with Gasteiger partial charge in [-0.25, -0.2) is 9.78 Å². The molecule has 88 valence electrons. The zero-order valence-electron chi connectivity index (χ0n) is 9.43. The fraction of sp³-hybridized carbons (Fsp3) is 0.500. The molecule has 0 aromatic carbocycles. The van der Waals surface area contributed by atoms with Crippen molar-refractivity contribution in [2.24, 2.45) is 0 Å². The molecule has 1 amide bonds. The Morgan fingerprint density at radius 1 is 1.62 bits per heavy atom. The van der Waals surface area contributed by atoms with Crippen LogP contribution in [-0.2, 0) is 4.79 Å². The second-order valence-electron chi connectivity index (χ2n) is 3.43. The number of aromatic nitrogens is 1. The van der Waals surface area contributed by atoms with Crippen molar-refractivity contribution in [2.45, 2.75) is 26.3 Å². The summed E-state index contributed by atoms with van der Waals surface area (Å²) in [6.07, 6.45) is 0.376. The van der Waals surface area contributed by atoms with Crippen LogP contribution in [0.1, 0.15) is 28.8 Å². The van der Waals surface area contributed by atoms with Crippen LogP contribution >= 0.6 is 11.3 Å². The number of carbonyl (C=O) groups is 2. The van der Waals surface area contributed by atoms with E-state index in [1.807, 2.05) is 0 Å². The maximum absolute atomic E-state index is 11.9. The summed E-state index contributed by atoms with van der Waals surface area (Å²) in [5.74, 6) is -1.34. The fourth-order valence-electron chi connectivity index (χ4n) is 1.40. The Bertz CT molecular complexity index is 403. The second kappa shape index (κ2) is 5.07. The van der Waals surface area contributed by atoms with Crippen LogP contribution in [0.4, 0.5) is 0 Å². The first-order valence-corrected chi connectivity index (χ1v) is 5.77. The third-order valence-electron chi connectivity index (χ3n) is 2.30. The smallest absolute Gasteiger partial charge is 0.326 e. The Morgan fingerprint density at radius 3 is 2.62 bits per heavy atom. The quantitative estimate of drug-likeness (QED) is 0.866. The van der Waals surface area contributed by atoms with Gasteiger partial charge in [-0.2, -0.15) is 0 Å². The summed E-state index contributed by atoms with van der Waals surface area (Å²) in [4.78, 5) is 28.0. The Labute approximate surface area is 97.7 Å². The highest BCUT2D eigenvalue weighted by molar-refractivity contribution is 7.09. The number of hydrogen-bond donors (Lipinski definition) is 1. The lowest BCUT2D eigenvalue weighted by atomic mass is 10.2. The van der Waals surface area contributed by atoms with Crippen LogP contribution < -0.4 is 0 Å². The SMILES string of the molecule is CCC(C(=O)O)N(C)C(=O)c1csc(C)n1. The van der Waals surface area contributed by atoms with E-state index in [2.05, 4.69) is 4.98 Å². The summed E-state index contributed by atoms with van der Waals surface area (Å²) in [6.45, 7) is 3.53. The Hall–Kier alpha value is -1.43. The number of hydrogen-bond acceptors (Lipinski definition) is 4. The molecule has 0 aliphatic carbocycles. The van der Waals surface area contributed by atoms with Crippen molar-refractivity contribution in [1.82, 2.24) is 9.88 Å². The monoisotopic (exact) mass is 242 g/mol. The summed E-state index contributed by atoms with van der Waals surface area (Å²) in [7, 11) is 1.49. The fourth-order valence-corrected chi connectivity index (χ4v) is 1.98. The van der Waals surface area contributed by atoms with Crippen molar-refractivity contribution in [1.29, 1.82) is 0 Å². The van der Waals surface area contributed by atoms with Gasteiger partial charge < -0.3 is 10.0 Å². The highest BCUT2D eigenvalue weighted by atomic mass is 32.1. The Balaban J connectivity index is 2.85. The van der Waals surface area contributed by atoms with Crippen LogP contribution in [0, 0.1) is 6.92 Å². The summed E-state index contributed by atoms with van der Waals surface area (Å²) < 4.78 is 0. The zero-order chi connectivity index (χ0) is 12.3. The largest absolute Gasteiger partial charge is 0.480 e. The van der Waals surface area contributed by atoms with Crippen molar-refractivity contribution in [3.8, 4) is 0 Å². The number of nitrogens with zero attached hydrogens (tertiary/aromatic N) is 2. The van der Waals surface area contributed by atoms with Crippen molar-refractivity contribution < 1.29 is 14.7 Å². The van der Waals surface area contributed by atoms with Crippen LogP contribution in [-0.4, -0.2) is 40.0 Å². The van der Waals surface area contributed by atoms with Gasteiger partial charge in [0.05, 0.1) is 5.01 Å². The molecule has 0 fully saturated rings. The third-order valence-corrected chi connectivity index (χ3v) is 3.07. The van der Waals surface area contributed by atoms with Crippen molar-refractivity contribution in [3.63, 3.8) is 0 Å². The number of carboxylic acid groups (broad SMARTS) is 1. The summed E-state index contributed by atoms with van der Waals surface area (Å²) in [6, 6.07) is -0.797.